The van der Waals surface area contributed by atoms with Crippen molar-refractivity contribution in [3.63, 3.8) is 0 Å². The Morgan fingerprint density at radius 2 is 1.77 bits per heavy atom. The van der Waals surface area contributed by atoms with Crippen LogP contribution < -0.4 is 0 Å². The van der Waals surface area contributed by atoms with Crippen LogP contribution in [0.25, 0.3) is 33.5 Å². The van der Waals surface area contributed by atoms with Gasteiger partial charge in [-0.1, -0.05) is 57.2 Å². The van der Waals surface area contributed by atoms with Crippen LogP contribution in [-0.2, 0) is 17.8 Å². The van der Waals surface area contributed by atoms with Gasteiger partial charge in [-0.05, 0) is 86.5 Å². The van der Waals surface area contributed by atoms with E-state index < -0.39 is 6.09 Å². The number of rotatable bonds is 13. The van der Waals surface area contributed by atoms with Crippen molar-refractivity contribution < 1.29 is 19.4 Å². The zero-order valence-electron chi connectivity index (χ0n) is 31.8. The Morgan fingerprint density at radius 3 is 2.47 bits per heavy atom. The molecule has 1 aliphatic rings. The van der Waals surface area contributed by atoms with Crippen LogP contribution in [0.5, 0.6) is 0 Å². The Labute approximate surface area is 311 Å². The average molecular weight is 721 g/mol. The third-order valence-electron chi connectivity index (χ3n) is 9.88. The number of hydrogen-bond acceptors (Lipinski definition) is 7. The highest BCUT2D eigenvalue weighted by molar-refractivity contribution is 5.97. The monoisotopic (exact) mass is 720 g/mol. The first kappa shape index (κ1) is 37.7. The Kier molecular flexibility index (Phi) is 11.6. The molecule has 0 bridgehead atoms. The SMILES string of the molecule is Cc1c(CN(CCC(C)(C)C)C(=O)O)cncc1-c1ccc2c(c1)c(-c1ncc(C(=O)N(CCN(C)C)Cc3ccccc3)[nH]1)nn2C1CCCCO1. The van der Waals surface area contributed by atoms with Crippen LogP contribution in [-0.4, -0.2) is 96.9 Å². The van der Waals surface area contributed by atoms with Gasteiger partial charge in [0.25, 0.3) is 5.91 Å². The summed E-state index contributed by atoms with van der Waals surface area (Å²) in [6, 6.07) is 16.2. The summed E-state index contributed by atoms with van der Waals surface area (Å²) >= 11 is 0. The molecule has 12 heteroatoms. The van der Waals surface area contributed by atoms with E-state index in [2.05, 4.69) is 53.8 Å². The van der Waals surface area contributed by atoms with Crippen molar-refractivity contribution in [2.24, 2.45) is 5.41 Å². The molecular weight excluding hydrogens is 669 g/mol. The molecule has 4 heterocycles. The van der Waals surface area contributed by atoms with E-state index in [4.69, 9.17) is 14.8 Å². The van der Waals surface area contributed by atoms with E-state index in [0.29, 0.717) is 43.5 Å². The standard InChI is InChI=1S/C41H52N8O4/c1-28-31(27-48(40(51)52)18-17-41(2,3)4)23-42-24-33(28)30-15-16-35-32(22-30)37(45-49(35)36-14-10-11-21-53-36)38-43-25-34(44-38)39(50)47(20-19-46(5)6)26-29-12-8-7-9-13-29/h7-9,12-13,15-16,22-25,36H,10-11,14,17-21,26-27H2,1-6H3,(H,43,44)(H,51,52). The maximum Gasteiger partial charge on any atom is 0.407 e. The van der Waals surface area contributed by atoms with Crippen LogP contribution in [0.15, 0.2) is 67.1 Å². The van der Waals surface area contributed by atoms with E-state index in [1.165, 1.54) is 4.90 Å². The zero-order valence-corrected chi connectivity index (χ0v) is 31.8. The van der Waals surface area contributed by atoms with Crippen molar-refractivity contribution in [3.8, 4) is 22.6 Å². The van der Waals surface area contributed by atoms with Crippen LogP contribution in [0, 0.1) is 12.3 Å². The maximum atomic E-state index is 14.0. The summed E-state index contributed by atoms with van der Waals surface area (Å²) < 4.78 is 8.13. The van der Waals surface area contributed by atoms with E-state index in [0.717, 1.165) is 70.9 Å². The first-order valence-corrected chi connectivity index (χ1v) is 18.5. The van der Waals surface area contributed by atoms with Crippen LogP contribution in [0.1, 0.15) is 79.9 Å². The highest BCUT2D eigenvalue weighted by Crippen LogP contribution is 2.36. The molecule has 0 radical (unpaired) electrons. The summed E-state index contributed by atoms with van der Waals surface area (Å²) in [5.41, 5.74) is 6.64. The van der Waals surface area contributed by atoms with E-state index in [-0.39, 0.29) is 24.1 Å². The predicted molar refractivity (Wildman–Crippen MR) is 206 cm³/mol. The smallest absolute Gasteiger partial charge is 0.407 e. The second-order valence-corrected chi connectivity index (χ2v) is 15.5. The van der Waals surface area contributed by atoms with Crippen LogP contribution in [0.2, 0.25) is 0 Å². The predicted octanol–water partition coefficient (Wildman–Crippen LogP) is 7.62. The summed E-state index contributed by atoms with van der Waals surface area (Å²) in [5.74, 6) is 0.364. The number of carbonyl (C=O) groups excluding carboxylic acids is 1. The Balaban J connectivity index is 1.36. The molecule has 53 heavy (non-hydrogen) atoms. The average Bonchev–Trinajstić information content (AvgIpc) is 3.78. The van der Waals surface area contributed by atoms with Crippen molar-refractivity contribution >= 4 is 22.9 Å². The molecule has 6 rings (SSSR count). The van der Waals surface area contributed by atoms with Crippen molar-refractivity contribution in [1.29, 1.82) is 0 Å². The molecule has 2 amide bonds. The summed E-state index contributed by atoms with van der Waals surface area (Å²) in [6.45, 7) is 11.5. The molecule has 1 atom stereocenters. The van der Waals surface area contributed by atoms with Gasteiger partial charge in [0.05, 0.1) is 18.3 Å². The lowest BCUT2D eigenvalue weighted by Crippen LogP contribution is -2.36. The van der Waals surface area contributed by atoms with Crippen molar-refractivity contribution in [3.05, 3.63) is 89.5 Å². The fourth-order valence-electron chi connectivity index (χ4n) is 6.65. The molecule has 2 N–H and O–H groups in total. The number of nitrogens with one attached hydrogen (secondary N) is 1. The van der Waals surface area contributed by atoms with Crippen LogP contribution >= 0.6 is 0 Å². The van der Waals surface area contributed by atoms with Crippen LogP contribution in [0.3, 0.4) is 0 Å². The molecule has 1 unspecified atom stereocenters. The van der Waals surface area contributed by atoms with Gasteiger partial charge in [0, 0.05) is 56.1 Å². The normalized spacial score (nSPS) is 14.9. The molecule has 5 aromatic rings. The topological polar surface area (TPSA) is 133 Å². The molecule has 0 spiro atoms. The quantitative estimate of drug-likeness (QED) is 0.127. The summed E-state index contributed by atoms with van der Waals surface area (Å²) in [6.07, 6.45) is 7.69. The number of ether oxygens (including phenoxy) is 1. The number of amides is 2. The second-order valence-electron chi connectivity index (χ2n) is 15.5. The van der Waals surface area contributed by atoms with Gasteiger partial charge >= 0.3 is 6.09 Å². The minimum atomic E-state index is -0.945. The Hall–Kier alpha value is -5.07. The lowest BCUT2D eigenvalue weighted by atomic mass is 9.92. The number of aromatic nitrogens is 5. The van der Waals surface area contributed by atoms with E-state index >= 15 is 0 Å². The van der Waals surface area contributed by atoms with Gasteiger partial charge < -0.3 is 29.5 Å². The number of H-pyrrole nitrogens is 1. The highest BCUT2D eigenvalue weighted by Gasteiger charge is 2.26. The first-order valence-electron chi connectivity index (χ1n) is 18.5. The molecule has 3 aromatic heterocycles. The molecule has 1 aliphatic heterocycles. The number of hydrogen-bond donors (Lipinski definition) is 2. The number of nitrogens with zero attached hydrogens (tertiary/aromatic N) is 7. The zero-order chi connectivity index (χ0) is 37.7. The third kappa shape index (κ3) is 9.12. The molecule has 1 saturated heterocycles. The van der Waals surface area contributed by atoms with Gasteiger partial charge in [-0.2, -0.15) is 5.10 Å². The molecule has 0 aliphatic carbocycles. The fraction of sp³-hybridized carbons (Fsp3) is 0.439. The van der Waals surface area contributed by atoms with Gasteiger partial charge in [-0.15, -0.1) is 0 Å². The van der Waals surface area contributed by atoms with E-state index in [1.807, 2.05) is 67.1 Å². The summed E-state index contributed by atoms with van der Waals surface area (Å²) in [5, 5.41) is 16.0. The van der Waals surface area contributed by atoms with Gasteiger partial charge in [-0.25, -0.2) is 14.5 Å². The molecule has 12 nitrogen and oxygen atoms in total. The number of benzene rings is 2. The molecule has 0 saturated carbocycles. The largest absolute Gasteiger partial charge is 0.465 e. The summed E-state index contributed by atoms with van der Waals surface area (Å²) in [4.78, 5) is 44.2. The molecular formula is C41H52N8O4. The number of pyridine rings is 1. The van der Waals surface area contributed by atoms with Crippen molar-refractivity contribution in [1.82, 2.24) is 39.4 Å². The fourth-order valence-corrected chi connectivity index (χ4v) is 6.65. The van der Waals surface area contributed by atoms with Crippen molar-refractivity contribution in [2.45, 2.75) is 72.7 Å². The number of fused-ring (bicyclic) bond motifs is 1. The van der Waals surface area contributed by atoms with E-state index in [1.54, 1.807) is 12.4 Å². The number of likely N-dealkylation sites (N-methyl/N-ethyl adjacent to an activating group) is 1. The number of imidazole rings is 1. The minimum Gasteiger partial charge on any atom is -0.465 e. The lowest BCUT2D eigenvalue weighted by Gasteiger charge is -2.25. The minimum absolute atomic E-state index is 0.0126. The number of aromatic amines is 1. The third-order valence-corrected chi connectivity index (χ3v) is 9.88. The Morgan fingerprint density at radius 1 is 0.981 bits per heavy atom. The van der Waals surface area contributed by atoms with Gasteiger partial charge in [-0.3, -0.25) is 9.78 Å². The van der Waals surface area contributed by atoms with Gasteiger partial charge in [0.2, 0.25) is 0 Å². The Bertz CT molecular complexity index is 2020. The van der Waals surface area contributed by atoms with E-state index in [9.17, 15) is 14.7 Å². The first-order chi connectivity index (χ1) is 25.4. The lowest BCUT2D eigenvalue weighted by molar-refractivity contribution is -0.0365. The molecule has 1 fully saturated rings. The van der Waals surface area contributed by atoms with Gasteiger partial charge in [0.1, 0.15) is 11.4 Å². The maximum absolute atomic E-state index is 14.0. The van der Waals surface area contributed by atoms with Crippen molar-refractivity contribution in [2.75, 3.05) is 40.3 Å². The number of carboxylic acid groups (broad SMARTS) is 1. The highest BCUT2D eigenvalue weighted by atomic mass is 16.5. The number of carbonyl (C=O) groups is 2. The molecule has 280 valence electrons. The van der Waals surface area contributed by atoms with Gasteiger partial charge in [0.15, 0.2) is 12.1 Å². The molecule has 2 aromatic carbocycles. The van der Waals surface area contributed by atoms with Crippen LogP contribution in [0.4, 0.5) is 4.79 Å². The summed E-state index contributed by atoms with van der Waals surface area (Å²) in [7, 11) is 4.00. The second kappa shape index (κ2) is 16.3.